The van der Waals surface area contributed by atoms with Crippen LogP contribution in [-0.4, -0.2) is 42.0 Å². The van der Waals surface area contributed by atoms with Crippen molar-refractivity contribution < 1.29 is 13.9 Å². The molecule has 1 unspecified atom stereocenters. The van der Waals surface area contributed by atoms with E-state index in [2.05, 4.69) is 44.9 Å². The van der Waals surface area contributed by atoms with Crippen molar-refractivity contribution in [3.05, 3.63) is 42.9 Å². The molecule has 0 spiro atoms. The second-order valence-electron chi connectivity index (χ2n) is 7.05. The van der Waals surface area contributed by atoms with Crippen molar-refractivity contribution >= 4 is 16.9 Å². The minimum atomic E-state index is 0.227. The van der Waals surface area contributed by atoms with Crippen LogP contribution in [0.4, 0.5) is 6.01 Å². The highest BCUT2D eigenvalue weighted by atomic mass is 16.5. The highest BCUT2D eigenvalue weighted by molar-refractivity contribution is 5.86. The van der Waals surface area contributed by atoms with Crippen LogP contribution in [0, 0.1) is 0 Å². The molecule has 0 N–H and O–H groups in total. The zero-order valence-electron chi connectivity index (χ0n) is 14.7. The van der Waals surface area contributed by atoms with Gasteiger partial charge in [0, 0.05) is 44.1 Å². The number of oxazole rings is 1. The number of hydrogen-bond acceptors (Lipinski definition) is 5. The summed E-state index contributed by atoms with van der Waals surface area (Å²) >= 11 is 0. The quantitative estimate of drug-likeness (QED) is 0.717. The first-order chi connectivity index (χ1) is 12.9. The van der Waals surface area contributed by atoms with Gasteiger partial charge in [-0.05, 0) is 24.6 Å². The molecule has 0 saturated carbocycles. The number of piperidine rings is 1. The van der Waals surface area contributed by atoms with E-state index in [1.165, 1.54) is 10.9 Å². The third kappa shape index (κ3) is 2.84. The van der Waals surface area contributed by atoms with Gasteiger partial charge in [-0.2, -0.15) is 0 Å². The number of anilines is 1. The second-order valence-corrected chi connectivity index (χ2v) is 7.05. The molecule has 2 aromatic heterocycles. The van der Waals surface area contributed by atoms with E-state index in [-0.39, 0.29) is 6.10 Å². The Hall–Kier alpha value is -2.47. The lowest BCUT2D eigenvalue weighted by Crippen LogP contribution is -2.38. The van der Waals surface area contributed by atoms with Crippen LogP contribution in [0.1, 0.15) is 25.3 Å². The van der Waals surface area contributed by atoms with Crippen molar-refractivity contribution in [1.29, 1.82) is 0 Å². The number of rotatable bonds is 4. The van der Waals surface area contributed by atoms with Crippen LogP contribution in [0.25, 0.3) is 10.9 Å². The summed E-state index contributed by atoms with van der Waals surface area (Å²) in [5, 5.41) is 1.19. The minimum absolute atomic E-state index is 0.227. The Morgan fingerprint density at radius 1 is 1.12 bits per heavy atom. The van der Waals surface area contributed by atoms with Crippen molar-refractivity contribution in [3.63, 3.8) is 0 Å². The van der Waals surface area contributed by atoms with Gasteiger partial charge in [0.2, 0.25) is 0 Å². The van der Waals surface area contributed by atoms with Crippen molar-refractivity contribution in [2.45, 2.75) is 31.4 Å². The molecule has 0 aliphatic carbocycles. The summed E-state index contributed by atoms with van der Waals surface area (Å²) in [5.74, 6) is 0.981. The van der Waals surface area contributed by atoms with Gasteiger partial charge in [-0.1, -0.05) is 6.07 Å². The van der Waals surface area contributed by atoms with Gasteiger partial charge in [-0.25, -0.2) is 4.98 Å². The van der Waals surface area contributed by atoms with E-state index in [1.54, 1.807) is 12.5 Å². The molecule has 6 nitrogen and oxygen atoms in total. The lowest BCUT2D eigenvalue weighted by molar-refractivity contribution is 0.171. The lowest BCUT2D eigenvalue weighted by atomic mass is 10.1. The van der Waals surface area contributed by atoms with Gasteiger partial charge in [0.25, 0.3) is 6.01 Å². The van der Waals surface area contributed by atoms with Crippen molar-refractivity contribution in [3.8, 4) is 5.75 Å². The number of nitrogens with zero attached hydrogens (tertiary/aromatic N) is 3. The first-order valence-corrected chi connectivity index (χ1v) is 9.37. The molecule has 4 heterocycles. The zero-order chi connectivity index (χ0) is 17.3. The van der Waals surface area contributed by atoms with E-state index in [0.717, 1.165) is 51.3 Å². The van der Waals surface area contributed by atoms with Crippen LogP contribution in [0.5, 0.6) is 5.75 Å². The fourth-order valence-electron chi connectivity index (χ4n) is 4.04. The predicted octanol–water partition coefficient (Wildman–Crippen LogP) is 3.64. The summed E-state index contributed by atoms with van der Waals surface area (Å²) in [7, 11) is 0. The highest BCUT2D eigenvalue weighted by Gasteiger charge is 2.24. The Bertz CT molecular complexity index is 860. The van der Waals surface area contributed by atoms with Crippen LogP contribution in [0.3, 0.4) is 0 Å². The van der Waals surface area contributed by atoms with Crippen molar-refractivity contribution in [2.75, 3.05) is 31.2 Å². The molecule has 0 bridgehead atoms. The molecule has 1 atom stereocenters. The maximum absolute atomic E-state index is 6.39. The third-order valence-corrected chi connectivity index (χ3v) is 5.45. The smallest absolute Gasteiger partial charge is 0.297 e. The monoisotopic (exact) mass is 353 g/mol. The number of fused-ring (bicyclic) bond motifs is 1. The fourth-order valence-corrected chi connectivity index (χ4v) is 4.04. The van der Waals surface area contributed by atoms with E-state index in [9.17, 15) is 0 Å². The van der Waals surface area contributed by atoms with Crippen LogP contribution >= 0.6 is 0 Å². The Labute approximate surface area is 152 Å². The van der Waals surface area contributed by atoms with Gasteiger partial charge in [-0.15, -0.1) is 0 Å². The van der Waals surface area contributed by atoms with Gasteiger partial charge >= 0.3 is 0 Å². The lowest BCUT2D eigenvalue weighted by Gasteiger charge is -2.31. The summed E-state index contributed by atoms with van der Waals surface area (Å²) in [6, 6.07) is 9.66. The molecule has 5 rings (SSSR count). The van der Waals surface area contributed by atoms with E-state index in [1.807, 2.05) is 0 Å². The maximum atomic E-state index is 6.39. The second kappa shape index (κ2) is 6.68. The predicted molar refractivity (Wildman–Crippen MR) is 98.8 cm³/mol. The third-order valence-electron chi connectivity index (χ3n) is 5.45. The normalized spacial score (nSPS) is 21.5. The SMILES string of the molecule is c1cc(OC2CCN(c3ncco3)CC2)c2ccn(C3CCOC3)c2c1. The van der Waals surface area contributed by atoms with Crippen LogP contribution in [0.15, 0.2) is 47.3 Å². The van der Waals surface area contributed by atoms with E-state index < -0.39 is 0 Å². The van der Waals surface area contributed by atoms with Gasteiger partial charge in [-0.3, -0.25) is 0 Å². The molecule has 136 valence electrons. The Morgan fingerprint density at radius 3 is 2.81 bits per heavy atom. The average Bonchev–Trinajstić information content (AvgIpc) is 3.43. The first kappa shape index (κ1) is 15.8. The van der Waals surface area contributed by atoms with E-state index in [4.69, 9.17) is 13.9 Å². The number of benzene rings is 1. The molecule has 0 amide bonds. The van der Waals surface area contributed by atoms with Crippen molar-refractivity contribution in [2.24, 2.45) is 0 Å². The van der Waals surface area contributed by atoms with Gasteiger partial charge in [0.05, 0.1) is 24.4 Å². The van der Waals surface area contributed by atoms with Crippen LogP contribution < -0.4 is 9.64 Å². The molecule has 3 aromatic rings. The first-order valence-electron chi connectivity index (χ1n) is 9.37. The molecule has 2 aliphatic rings. The Morgan fingerprint density at radius 2 is 2.04 bits per heavy atom. The van der Waals surface area contributed by atoms with E-state index >= 15 is 0 Å². The standard InChI is InChI=1S/C20H23N3O3/c1-2-18-17(6-11-23(18)15-7-12-24-14-15)19(3-1)26-16-4-9-22(10-5-16)20-21-8-13-25-20/h1-3,6,8,11,13,15-16H,4-5,7,9-10,12,14H2. The van der Waals surface area contributed by atoms with Gasteiger partial charge in [0.15, 0.2) is 0 Å². The summed E-state index contributed by atoms with van der Waals surface area (Å²) in [6.07, 6.45) is 8.73. The zero-order valence-corrected chi connectivity index (χ0v) is 14.7. The van der Waals surface area contributed by atoms with Crippen molar-refractivity contribution in [1.82, 2.24) is 9.55 Å². The molecular formula is C20H23N3O3. The maximum Gasteiger partial charge on any atom is 0.297 e. The summed E-state index contributed by atoms with van der Waals surface area (Å²) < 4.78 is 19.7. The van der Waals surface area contributed by atoms with Gasteiger partial charge < -0.3 is 23.4 Å². The number of aromatic nitrogens is 2. The topological polar surface area (TPSA) is 52.7 Å². The molecular weight excluding hydrogens is 330 g/mol. The summed E-state index contributed by atoms with van der Waals surface area (Å²) in [4.78, 5) is 6.41. The molecule has 0 radical (unpaired) electrons. The molecule has 6 heteroatoms. The van der Waals surface area contributed by atoms with Crippen LogP contribution in [0.2, 0.25) is 0 Å². The number of ether oxygens (including phenoxy) is 2. The van der Waals surface area contributed by atoms with Crippen LogP contribution in [-0.2, 0) is 4.74 Å². The molecule has 26 heavy (non-hydrogen) atoms. The summed E-state index contributed by atoms with van der Waals surface area (Å²) in [6.45, 7) is 3.46. The highest BCUT2D eigenvalue weighted by Crippen LogP contribution is 2.32. The minimum Gasteiger partial charge on any atom is -0.490 e. The molecule has 1 aromatic carbocycles. The Balaban J connectivity index is 1.31. The average molecular weight is 353 g/mol. The summed E-state index contributed by atoms with van der Waals surface area (Å²) in [5.41, 5.74) is 1.23. The molecule has 2 fully saturated rings. The largest absolute Gasteiger partial charge is 0.490 e. The Kier molecular flexibility index (Phi) is 4.05. The number of hydrogen-bond donors (Lipinski definition) is 0. The van der Waals surface area contributed by atoms with E-state index in [0.29, 0.717) is 12.1 Å². The molecule has 2 aliphatic heterocycles. The fraction of sp³-hybridized carbons (Fsp3) is 0.450. The molecule has 2 saturated heterocycles. The van der Waals surface area contributed by atoms with Gasteiger partial charge in [0.1, 0.15) is 18.1 Å².